The molecule has 0 saturated carbocycles. The Bertz CT molecular complexity index is 1340. The third-order valence-corrected chi connectivity index (χ3v) is 5.70. The fourth-order valence-electron chi connectivity index (χ4n) is 3.84. The van der Waals surface area contributed by atoms with Gasteiger partial charge in [0, 0.05) is 49.5 Å². The highest BCUT2D eigenvalue weighted by Gasteiger charge is 2.22. The number of rotatable bonds is 4. The first-order valence-corrected chi connectivity index (χ1v) is 10.9. The molecule has 3 heterocycles. The molecule has 1 aliphatic heterocycles. The van der Waals surface area contributed by atoms with Crippen molar-refractivity contribution in [3.05, 3.63) is 71.8 Å². The van der Waals surface area contributed by atoms with E-state index >= 15 is 0 Å². The molecule has 8 nitrogen and oxygen atoms in total. The average Bonchev–Trinajstić information content (AvgIpc) is 3.22. The number of aromatic nitrogens is 3. The molecule has 1 fully saturated rings. The first kappa shape index (κ1) is 21.9. The SMILES string of the molecule is O=C(Nc1c[nH]c2c(F)cc(F)cc12)N1CCN(c2ccc(Oc3cncc(Cl)n3)cc2)CC1. The number of carbonyl (C=O) groups excluding carboxylic acids is 1. The van der Waals surface area contributed by atoms with Gasteiger partial charge in [0.1, 0.15) is 17.4 Å². The predicted octanol–water partition coefficient (Wildman–Crippen LogP) is 5.04. The molecule has 0 radical (unpaired) electrons. The minimum atomic E-state index is -0.707. The number of nitrogens with zero attached hydrogens (tertiary/aromatic N) is 4. The summed E-state index contributed by atoms with van der Waals surface area (Å²) < 4.78 is 33.1. The van der Waals surface area contributed by atoms with Crippen LogP contribution in [0.2, 0.25) is 5.15 Å². The minimum absolute atomic E-state index is 0.149. The molecule has 2 aromatic carbocycles. The van der Waals surface area contributed by atoms with Gasteiger partial charge in [0.15, 0.2) is 5.15 Å². The number of amides is 2. The number of benzene rings is 2. The highest BCUT2D eigenvalue weighted by Crippen LogP contribution is 2.27. The van der Waals surface area contributed by atoms with Gasteiger partial charge >= 0.3 is 6.03 Å². The van der Waals surface area contributed by atoms with Gasteiger partial charge in [-0.3, -0.25) is 4.98 Å². The summed E-state index contributed by atoms with van der Waals surface area (Å²) in [6, 6.07) is 9.17. The van der Waals surface area contributed by atoms with Gasteiger partial charge in [-0.25, -0.2) is 13.6 Å². The van der Waals surface area contributed by atoms with Crippen LogP contribution in [0, 0.1) is 11.6 Å². The van der Waals surface area contributed by atoms with E-state index in [2.05, 4.69) is 25.2 Å². The lowest BCUT2D eigenvalue weighted by atomic mass is 10.2. The number of carbonyl (C=O) groups is 1. The molecule has 174 valence electrons. The van der Waals surface area contributed by atoms with Gasteiger partial charge in [-0.05, 0) is 30.3 Å². The molecule has 4 aromatic rings. The summed E-state index contributed by atoms with van der Waals surface area (Å²) in [4.78, 5) is 27.3. The second-order valence-electron chi connectivity index (χ2n) is 7.69. The third kappa shape index (κ3) is 4.58. The quantitative estimate of drug-likeness (QED) is 0.424. The lowest BCUT2D eigenvalue weighted by Gasteiger charge is -2.36. The van der Waals surface area contributed by atoms with Crippen LogP contribution in [-0.2, 0) is 0 Å². The molecule has 0 bridgehead atoms. The van der Waals surface area contributed by atoms with E-state index < -0.39 is 11.6 Å². The van der Waals surface area contributed by atoms with Crippen LogP contribution in [0.25, 0.3) is 10.9 Å². The van der Waals surface area contributed by atoms with Crippen molar-refractivity contribution in [2.45, 2.75) is 0 Å². The van der Waals surface area contributed by atoms with Crippen molar-refractivity contribution in [3.8, 4) is 11.6 Å². The van der Waals surface area contributed by atoms with E-state index in [0.29, 0.717) is 43.5 Å². The minimum Gasteiger partial charge on any atom is -0.437 e. The standard InChI is InChI=1S/C23H19ClF2N6O2/c24-20-12-27-13-21(30-20)34-16-3-1-15(2-4-16)31-5-7-32(8-6-31)23(33)29-19-11-28-22-17(19)9-14(25)10-18(22)26/h1-4,9-13,28H,5-8H2,(H,29,33). The van der Waals surface area contributed by atoms with Crippen LogP contribution in [0.1, 0.15) is 0 Å². The number of hydrogen-bond donors (Lipinski definition) is 2. The number of nitrogens with one attached hydrogen (secondary N) is 2. The number of urea groups is 1. The lowest BCUT2D eigenvalue weighted by molar-refractivity contribution is 0.208. The summed E-state index contributed by atoms with van der Waals surface area (Å²) in [6.07, 6.45) is 4.37. The summed E-state index contributed by atoms with van der Waals surface area (Å²) in [7, 11) is 0. The maximum absolute atomic E-state index is 13.9. The Labute approximate surface area is 198 Å². The van der Waals surface area contributed by atoms with Crippen molar-refractivity contribution < 1.29 is 18.3 Å². The first-order valence-electron chi connectivity index (χ1n) is 10.5. The number of piperazine rings is 1. The molecular weight excluding hydrogens is 466 g/mol. The Kier molecular flexibility index (Phi) is 5.89. The first-order chi connectivity index (χ1) is 16.5. The molecule has 0 spiro atoms. The summed E-state index contributed by atoms with van der Waals surface area (Å²) >= 11 is 5.83. The molecule has 1 saturated heterocycles. The summed E-state index contributed by atoms with van der Waals surface area (Å²) in [5.41, 5.74) is 1.48. The van der Waals surface area contributed by atoms with Gasteiger partial charge in [0.05, 0.1) is 23.6 Å². The Morgan fingerprint density at radius 3 is 2.59 bits per heavy atom. The van der Waals surface area contributed by atoms with Gasteiger partial charge in [-0.2, -0.15) is 4.98 Å². The molecule has 34 heavy (non-hydrogen) atoms. The number of ether oxygens (including phenoxy) is 1. The van der Waals surface area contributed by atoms with Crippen LogP contribution >= 0.6 is 11.6 Å². The third-order valence-electron chi connectivity index (χ3n) is 5.52. The van der Waals surface area contributed by atoms with Gasteiger partial charge in [0.25, 0.3) is 0 Å². The normalized spacial score (nSPS) is 13.9. The van der Waals surface area contributed by atoms with Gasteiger partial charge < -0.3 is 24.8 Å². The summed E-state index contributed by atoms with van der Waals surface area (Å²) in [6.45, 7) is 2.25. The molecule has 2 N–H and O–H groups in total. The average molecular weight is 485 g/mol. The van der Waals surface area contributed by atoms with E-state index in [1.165, 1.54) is 24.7 Å². The van der Waals surface area contributed by atoms with Crippen LogP contribution in [0.4, 0.5) is 25.0 Å². The van der Waals surface area contributed by atoms with Crippen LogP contribution in [0.3, 0.4) is 0 Å². The zero-order valence-electron chi connectivity index (χ0n) is 17.8. The summed E-state index contributed by atoms with van der Waals surface area (Å²) in [5.74, 6) is -0.503. The fourth-order valence-corrected chi connectivity index (χ4v) is 3.98. The Morgan fingerprint density at radius 2 is 1.85 bits per heavy atom. The molecular formula is C23H19ClF2N6O2. The maximum atomic E-state index is 13.9. The molecule has 0 unspecified atom stereocenters. The zero-order valence-corrected chi connectivity index (χ0v) is 18.5. The maximum Gasteiger partial charge on any atom is 0.322 e. The van der Waals surface area contributed by atoms with E-state index in [-0.39, 0.29) is 22.1 Å². The molecule has 0 atom stereocenters. The number of H-pyrrole nitrogens is 1. The predicted molar refractivity (Wildman–Crippen MR) is 125 cm³/mol. The van der Waals surface area contributed by atoms with Crippen molar-refractivity contribution >= 4 is 39.9 Å². The van der Waals surface area contributed by atoms with Crippen LogP contribution in [0.15, 0.2) is 55.0 Å². The van der Waals surface area contributed by atoms with Crippen LogP contribution in [-0.4, -0.2) is 52.1 Å². The smallest absolute Gasteiger partial charge is 0.322 e. The molecule has 2 aromatic heterocycles. The second-order valence-corrected chi connectivity index (χ2v) is 8.08. The number of anilines is 2. The fraction of sp³-hybridized carbons (Fsp3) is 0.174. The van der Waals surface area contributed by atoms with Gasteiger partial charge in [-0.15, -0.1) is 0 Å². The molecule has 2 amide bonds. The highest BCUT2D eigenvalue weighted by molar-refractivity contribution is 6.29. The van der Waals surface area contributed by atoms with E-state index in [9.17, 15) is 13.6 Å². The van der Waals surface area contributed by atoms with Crippen LogP contribution in [0.5, 0.6) is 11.6 Å². The van der Waals surface area contributed by atoms with Crippen molar-refractivity contribution in [1.82, 2.24) is 19.9 Å². The number of fused-ring (bicyclic) bond motifs is 1. The zero-order chi connectivity index (χ0) is 23.7. The molecule has 0 aliphatic carbocycles. The van der Waals surface area contributed by atoms with Crippen molar-refractivity contribution in [3.63, 3.8) is 0 Å². The van der Waals surface area contributed by atoms with Crippen molar-refractivity contribution in [2.24, 2.45) is 0 Å². The highest BCUT2D eigenvalue weighted by atomic mass is 35.5. The Hall–Kier alpha value is -3.92. The number of halogens is 3. The largest absolute Gasteiger partial charge is 0.437 e. The molecule has 5 rings (SSSR count). The molecule has 1 aliphatic rings. The van der Waals surface area contributed by atoms with Gasteiger partial charge in [-0.1, -0.05) is 11.6 Å². The lowest BCUT2D eigenvalue weighted by Crippen LogP contribution is -2.50. The van der Waals surface area contributed by atoms with E-state index in [1.54, 1.807) is 4.90 Å². The Balaban J connectivity index is 1.18. The summed E-state index contributed by atoms with van der Waals surface area (Å²) in [5, 5.41) is 3.28. The van der Waals surface area contributed by atoms with E-state index in [4.69, 9.17) is 16.3 Å². The van der Waals surface area contributed by atoms with Crippen molar-refractivity contribution in [2.75, 3.05) is 36.4 Å². The number of aromatic amines is 1. The van der Waals surface area contributed by atoms with Gasteiger partial charge in [0.2, 0.25) is 5.88 Å². The molecule has 11 heteroatoms. The van der Waals surface area contributed by atoms with Crippen LogP contribution < -0.4 is 15.0 Å². The number of hydrogen-bond acceptors (Lipinski definition) is 5. The topological polar surface area (TPSA) is 86.4 Å². The second kappa shape index (κ2) is 9.14. The van der Waals surface area contributed by atoms with E-state index in [1.807, 2.05) is 24.3 Å². The van der Waals surface area contributed by atoms with E-state index in [0.717, 1.165) is 11.8 Å². The Morgan fingerprint density at radius 1 is 1.09 bits per heavy atom. The monoisotopic (exact) mass is 484 g/mol. The van der Waals surface area contributed by atoms with Crippen molar-refractivity contribution in [1.29, 1.82) is 0 Å².